The van der Waals surface area contributed by atoms with E-state index in [0.717, 1.165) is 28.1 Å². The molecule has 0 fully saturated rings. The number of anilines is 1. The summed E-state index contributed by atoms with van der Waals surface area (Å²) in [6.45, 7) is 3.93. The van der Waals surface area contributed by atoms with Gasteiger partial charge in [-0.25, -0.2) is 9.97 Å². The van der Waals surface area contributed by atoms with Crippen LogP contribution in [0.1, 0.15) is 11.3 Å². The molecule has 1 aromatic carbocycles. The fraction of sp³-hybridized carbons (Fsp3) is 0.143. The predicted octanol–water partition coefficient (Wildman–Crippen LogP) is 3.27. The second-order valence-electron chi connectivity index (χ2n) is 4.51. The van der Waals surface area contributed by atoms with Crippen molar-refractivity contribution in [2.45, 2.75) is 13.8 Å². The predicted molar refractivity (Wildman–Crippen MR) is 77.8 cm³/mol. The summed E-state index contributed by atoms with van der Waals surface area (Å²) in [5.74, 6) is 0.393. The molecular weight excluding hydrogens is 260 g/mol. The Labute approximate surface area is 115 Å². The van der Waals surface area contributed by atoms with Crippen molar-refractivity contribution in [2.75, 3.05) is 5.73 Å². The molecule has 0 aliphatic heterocycles. The molecule has 0 amide bonds. The topological polar surface area (TPSA) is 56.7 Å². The number of pyridine rings is 1. The molecule has 96 valence electrons. The van der Waals surface area contributed by atoms with Crippen molar-refractivity contribution < 1.29 is 0 Å². The summed E-state index contributed by atoms with van der Waals surface area (Å²) >= 11 is 6.30. The highest BCUT2D eigenvalue weighted by molar-refractivity contribution is 6.32. The number of halogens is 1. The van der Waals surface area contributed by atoms with Gasteiger partial charge in [0.15, 0.2) is 5.65 Å². The third kappa shape index (κ3) is 1.85. The van der Waals surface area contributed by atoms with Crippen molar-refractivity contribution in [2.24, 2.45) is 0 Å². The minimum Gasteiger partial charge on any atom is -0.369 e. The van der Waals surface area contributed by atoms with Crippen LogP contribution in [-0.2, 0) is 0 Å². The van der Waals surface area contributed by atoms with E-state index in [-0.39, 0.29) is 0 Å². The zero-order valence-corrected chi connectivity index (χ0v) is 11.4. The van der Waals surface area contributed by atoms with Gasteiger partial charge in [-0.2, -0.15) is 0 Å². The second-order valence-corrected chi connectivity index (χ2v) is 4.91. The van der Waals surface area contributed by atoms with Gasteiger partial charge in [-0.3, -0.25) is 4.57 Å². The van der Waals surface area contributed by atoms with E-state index in [1.54, 1.807) is 4.57 Å². The third-order valence-corrected chi connectivity index (χ3v) is 3.39. The normalized spacial score (nSPS) is 11.1. The highest BCUT2D eigenvalue weighted by Crippen LogP contribution is 2.29. The Balaban J connectivity index is 2.42. The van der Waals surface area contributed by atoms with Gasteiger partial charge in [-0.05, 0) is 37.6 Å². The molecule has 0 saturated heterocycles. The van der Waals surface area contributed by atoms with Gasteiger partial charge in [-0.15, -0.1) is 0 Å². The number of rotatable bonds is 1. The van der Waals surface area contributed by atoms with E-state index in [2.05, 4.69) is 9.97 Å². The zero-order valence-electron chi connectivity index (χ0n) is 10.7. The number of imidazole rings is 1. The van der Waals surface area contributed by atoms with Crippen molar-refractivity contribution in [3.05, 3.63) is 46.6 Å². The molecule has 5 heteroatoms. The number of aryl methyl sites for hydroxylation is 2. The summed E-state index contributed by atoms with van der Waals surface area (Å²) in [4.78, 5) is 8.85. The van der Waals surface area contributed by atoms with Gasteiger partial charge in [0.05, 0.1) is 10.7 Å². The van der Waals surface area contributed by atoms with E-state index in [4.69, 9.17) is 17.3 Å². The standard InChI is InChI=1S/C14H13ClN4/c1-8-4-3-5-10(15)12(8)19-13-11(18-14(19)16)7-6-9(2)17-13/h3-7H,1-2H3,(H2,16,18). The minimum atomic E-state index is 0.393. The van der Waals surface area contributed by atoms with Gasteiger partial charge in [0.1, 0.15) is 5.52 Å². The number of nitrogen functional groups attached to an aromatic ring is 1. The van der Waals surface area contributed by atoms with E-state index < -0.39 is 0 Å². The van der Waals surface area contributed by atoms with Crippen LogP contribution in [0, 0.1) is 13.8 Å². The fourth-order valence-corrected chi connectivity index (χ4v) is 2.50. The molecule has 3 rings (SSSR count). The van der Waals surface area contributed by atoms with Gasteiger partial charge in [0.2, 0.25) is 5.95 Å². The molecule has 0 atom stereocenters. The van der Waals surface area contributed by atoms with Crippen molar-refractivity contribution in [3.8, 4) is 5.69 Å². The van der Waals surface area contributed by atoms with Crippen LogP contribution < -0.4 is 5.73 Å². The number of nitrogens with zero attached hydrogens (tertiary/aromatic N) is 3. The van der Waals surface area contributed by atoms with Gasteiger partial charge < -0.3 is 5.73 Å². The summed E-state index contributed by atoms with van der Waals surface area (Å²) in [6.07, 6.45) is 0. The smallest absolute Gasteiger partial charge is 0.207 e. The van der Waals surface area contributed by atoms with Crippen molar-refractivity contribution in [1.29, 1.82) is 0 Å². The van der Waals surface area contributed by atoms with Gasteiger partial charge >= 0.3 is 0 Å². The number of para-hydroxylation sites is 1. The lowest BCUT2D eigenvalue weighted by molar-refractivity contribution is 1.06. The summed E-state index contributed by atoms with van der Waals surface area (Å²) in [5.41, 5.74) is 10.3. The first-order chi connectivity index (χ1) is 9.08. The first kappa shape index (κ1) is 12.0. The van der Waals surface area contributed by atoms with Crippen LogP contribution in [0.4, 0.5) is 5.95 Å². The lowest BCUT2D eigenvalue weighted by Crippen LogP contribution is -2.04. The molecule has 0 aliphatic carbocycles. The van der Waals surface area contributed by atoms with Crippen LogP contribution in [0.3, 0.4) is 0 Å². The molecule has 4 nitrogen and oxygen atoms in total. The first-order valence-corrected chi connectivity index (χ1v) is 6.33. The average molecular weight is 273 g/mol. The SMILES string of the molecule is Cc1ccc2nc(N)n(-c3c(C)cccc3Cl)c2n1. The zero-order chi connectivity index (χ0) is 13.6. The Morgan fingerprint density at radius 3 is 2.63 bits per heavy atom. The summed E-state index contributed by atoms with van der Waals surface area (Å²) in [5, 5.41) is 0.634. The molecule has 2 heterocycles. The number of benzene rings is 1. The van der Waals surface area contributed by atoms with Crippen molar-refractivity contribution in [1.82, 2.24) is 14.5 Å². The lowest BCUT2D eigenvalue weighted by atomic mass is 10.2. The Morgan fingerprint density at radius 2 is 1.89 bits per heavy atom. The number of hydrogen-bond acceptors (Lipinski definition) is 3. The third-order valence-electron chi connectivity index (χ3n) is 3.08. The molecular formula is C14H13ClN4. The van der Waals surface area contributed by atoms with Crippen molar-refractivity contribution in [3.63, 3.8) is 0 Å². The quantitative estimate of drug-likeness (QED) is 0.740. The minimum absolute atomic E-state index is 0.393. The molecule has 0 saturated carbocycles. The lowest BCUT2D eigenvalue weighted by Gasteiger charge is -2.11. The number of hydrogen-bond donors (Lipinski definition) is 1. The summed E-state index contributed by atoms with van der Waals surface area (Å²) in [6, 6.07) is 9.57. The average Bonchev–Trinajstić information content (AvgIpc) is 2.66. The Kier molecular flexibility index (Phi) is 2.68. The highest BCUT2D eigenvalue weighted by Gasteiger charge is 2.15. The van der Waals surface area contributed by atoms with E-state index in [1.165, 1.54) is 0 Å². The Bertz CT molecular complexity index is 756. The Morgan fingerprint density at radius 1 is 1.11 bits per heavy atom. The number of nitrogens with two attached hydrogens (primary N) is 1. The van der Waals surface area contributed by atoms with Crippen LogP contribution >= 0.6 is 11.6 Å². The molecule has 2 aromatic heterocycles. The first-order valence-electron chi connectivity index (χ1n) is 5.95. The molecule has 0 spiro atoms. The fourth-order valence-electron chi connectivity index (χ4n) is 2.20. The van der Waals surface area contributed by atoms with Crippen LogP contribution in [0.15, 0.2) is 30.3 Å². The van der Waals surface area contributed by atoms with E-state index in [1.807, 2.05) is 44.2 Å². The molecule has 0 unspecified atom stereocenters. The summed E-state index contributed by atoms with van der Waals surface area (Å²) < 4.78 is 1.81. The van der Waals surface area contributed by atoms with Crippen LogP contribution in [-0.4, -0.2) is 14.5 Å². The van der Waals surface area contributed by atoms with Gasteiger partial charge in [-0.1, -0.05) is 23.7 Å². The highest BCUT2D eigenvalue weighted by atomic mass is 35.5. The summed E-state index contributed by atoms with van der Waals surface area (Å²) in [7, 11) is 0. The molecule has 0 radical (unpaired) electrons. The maximum absolute atomic E-state index is 6.30. The maximum Gasteiger partial charge on any atom is 0.207 e. The molecule has 19 heavy (non-hydrogen) atoms. The Hall–Kier alpha value is -2.07. The molecule has 3 aromatic rings. The van der Waals surface area contributed by atoms with Gasteiger partial charge in [0, 0.05) is 5.69 Å². The van der Waals surface area contributed by atoms with Crippen LogP contribution in [0.5, 0.6) is 0 Å². The molecule has 0 aliphatic rings. The van der Waals surface area contributed by atoms with Crippen LogP contribution in [0.25, 0.3) is 16.9 Å². The molecule has 0 bridgehead atoms. The maximum atomic E-state index is 6.30. The molecule has 2 N–H and O–H groups in total. The number of fused-ring (bicyclic) bond motifs is 1. The van der Waals surface area contributed by atoms with E-state index in [0.29, 0.717) is 11.0 Å². The van der Waals surface area contributed by atoms with Crippen molar-refractivity contribution >= 4 is 28.7 Å². The van der Waals surface area contributed by atoms with E-state index in [9.17, 15) is 0 Å². The van der Waals surface area contributed by atoms with Gasteiger partial charge in [0.25, 0.3) is 0 Å². The monoisotopic (exact) mass is 272 g/mol. The van der Waals surface area contributed by atoms with E-state index >= 15 is 0 Å². The van der Waals surface area contributed by atoms with Crippen LogP contribution in [0.2, 0.25) is 5.02 Å². The number of aromatic nitrogens is 3. The second kappa shape index (κ2) is 4.24. The largest absolute Gasteiger partial charge is 0.369 e.